The molecule has 0 saturated carbocycles. The Morgan fingerprint density at radius 2 is 1.71 bits per heavy atom. The summed E-state index contributed by atoms with van der Waals surface area (Å²) in [7, 11) is -2.14. The molecule has 0 amide bonds. The standard InChI is InChI=1S/C19H23NO6S2/c1-19(2,3)16(21)12-26-17(22)13-25-15-9-7-14(8-10-15)20(4)28(23,24)18-6-5-11-27-18/h5-11H,12-13H2,1-4H3. The van der Waals surface area contributed by atoms with E-state index in [-0.39, 0.29) is 23.2 Å². The highest BCUT2D eigenvalue weighted by Crippen LogP contribution is 2.26. The number of anilines is 1. The number of sulfonamides is 1. The zero-order chi connectivity index (χ0) is 20.9. The molecule has 0 aliphatic heterocycles. The summed E-state index contributed by atoms with van der Waals surface area (Å²) in [6.45, 7) is 4.60. The molecule has 0 spiro atoms. The lowest BCUT2D eigenvalue weighted by Gasteiger charge is -2.18. The van der Waals surface area contributed by atoms with Gasteiger partial charge in [-0.15, -0.1) is 11.3 Å². The molecule has 0 aliphatic rings. The molecule has 7 nitrogen and oxygen atoms in total. The quantitative estimate of drug-likeness (QED) is 0.604. The molecular formula is C19H23NO6S2. The fourth-order valence-electron chi connectivity index (χ4n) is 1.98. The van der Waals surface area contributed by atoms with Gasteiger partial charge in [-0.25, -0.2) is 13.2 Å². The van der Waals surface area contributed by atoms with E-state index in [0.717, 1.165) is 11.3 Å². The van der Waals surface area contributed by atoms with Gasteiger partial charge in [0, 0.05) is 12.5 Å². The lowest BCUT2D eigenvalue weighted by Crippen LogP contribution is -2.27. The first-order valence-electron chi connectivity index (χ1n) is 8.46. The van der Waals surface area contributed by atoms with Crippen LogP contribution in [0.3, 0.4) is 0 Å². The Morgan fingerprint density at radius 1 is 1.07 bits per heavy atom. The molecule has 0 aliphatic carbocycles. The highest BCUT2D eigenvalue weighted by Gasteiger charge is 2.23. The first-order chi connectivity index (χ1) is 13.0. The van der Waals surface area contributed by atoms with Gasteiger partial charge in [0.25, 0.3) is 10.0 Å². The lowest BCUT2D eigenvalue weighted by atomic mass is 9.91. The molecular weight excluding hydrogens is 402 g/mol. The monoisotopic (exact) mass is 425 g/mol. The van der Waals surface area contributed by atoms with Crippen molar-refractivity contribution in [2.45, 2.75) is 25.0 Å². The minimum atomic E-state index is -3.61. The molecule has 2 aromatic rings. The number of hydrogen-bond donors (Lipinski definition) is 0. The van der Waals surface area contributed by atoms with Crippen molar-refractivity contribution in [3.63, 3.8) is 0 Å². The van der Waals surface area contributed by atoms with E-state index >= 15 is 0 Å². The summed E-state index contributed by atoms with van der Waals surface area (Å²) in [5.74, 6) is -0.455. The smallest absolute Gasteiger partial charge is 0.344 e. The Labute approximate surface area is 168 Å². The summed E-state index contributed by atoms with van der Waals surface area (Å²) < 4.78 is 36.7. The van der Waals surface area contributed by atoms with Gasteiger partial charge in [0.05, 0.1) is 5.69 Å². The molecule has 9 heteroatoms. The van der Waals surface area contributed by atoms with E-state index in [9.17, 15) is 18.0 Å². The van der Waals surface area contributed by atoms with Gasteiger partial charge in [-0.2, -0.15) is 0 Å². The Hall–Kier alpha value is -2.39. The SMILES string of the molecule is CN(c1ccc(OCC(=O)OCC(=O)C(C)(C)C)cc1)S(=O)(=O)c1cccs1. The number of nitrogens with zero attached hydrogens (tertiary/aromatic N) is 1. The van der Waals surface area contributed by atoms with Crippen LogP contribution in [-0.2, 0) is 24.3 Å². The van der Waals surface area contributed by atoms with Crippen LogP contribution in [-0.4, -0.2) is 40.4 Å². The summed E-state index contributed by atoms with van der Waals surface area (Å²) in [6.07, 6.45) is 0. The van der Waals surface area contributed by atoms with E-state index in [0.29, 0.717) is 11.4 Å². The van der Waals surface area contributed by atoms with Crippen molar-refractivity contribution in [1.82, 2.24) is 0 Å². The average Bonchev–Trinajstić information content (AvgIpc) is 3.19. The maximum Gasteiger partial charge on any atom is 0.344 e. The van der Waals surface area contributed by atoms with Gasteiger partial charge in [-0.1, -0.05) is 26.8 Å². The molecule has 1 heterocycles. The van der Waals surface area contributed by atoms with E-state index in [1.165, 1.54) is 11.4 Å². The lowest BCUT2D eigenvalue weighted by molar-refractivity contribution is -0.151. The fraction of sp³-hybridized carbons (Fsp3) is 0.368. The normalized spacial score (nSPS) is 11.7. The number of ether oxygens (including phenoxy) is 2. The molecule has 1 aromatic carbocycles. The van der Waals surface area contributed by atoms with Crippen molar-refractivity contribution in [3.05, 3.63) is 41.8 Å². The van der Waals surface area contributed by atoms with Crippen LogP contribution < -0.4 is 9.04 Å². The Morgan fingerprint density at radius 3 is 2.25 bits per heavy atom. The molecule has 28 heavy (non-hydrogen) atoms. The van der Waals surface area contributed by atoms with E-state index in [1.54, 1.807) is 62.5 Å². The molecule has 0 bridgehead atoms. The third kappa shape index (κ3) is 5.56. The summed E-state index contributed by atoms with van der Waals surface area (Å²) in [6, 6.07) is 9.50. The van der Waals surface area contributed by atoms with Gasteiger partial charge in [-0.3, -0.25) is 9.10 Å². The van der Waals surface area contributed by atoms with Crippen molar-refractivity contribution in [2.24, 2.45) is 5.41 Å². The van der Waals surface area contributed by atoms with Crippen LogP contribution in [0.4, 0.5) is 5.69 Å². The van der Waals surface area contributed by atoms with E-state index in [1.807, 2.05) is 0 Å². The van der Waals surface area contributed by atoms with Crippen molar-refractivity contribution in [2.75, 3.05) is 24.6 Å². The minimum Gasteiger partial charge on any atom is -0.482 e. The van der Waals surface area contributed by atoms with Crippen LogP contribution in [0, 0.1) is 5.41 Å². The molecule has 0 saturated heterocycles. The maximum absolute atomic E-state index is 12.5. The molecule has 0 atom stereocenters. The van der Waals surface area contributed by atoms with Gasteiger partial charge in [0.2, 0.25) is 0 Å². The van der Waals surface area contributed by atoms with Crippen molar-refractivity contribution in [1.29, 1.82) is 0 Å². The summed E-state index contributed by atoms with van der Waals surface area (Å²) in [5.41, 5.74) is -0.119. The third-order valence-corrected chi connectivity index (χ3v) is 7.03. The van der Waals surface area contributed by atoms with Gasteiger partial charge in [0.15, 0.2) is 19.0 Å². The second-order valence-electron chi connectivity index (χ2n) is 7.02. The van der Waals surface area contributed by atoms with Crippen molar-refractivity contribution >= 4 is 38.8 Å². The molecule has 0 radical (unpaired) electrons. The number of esters is 1. The Bertz CT molecular complexity index is 912. The van der Waals surface area contributed by atoms with Crippen LogP contribution >= 0.6 is 11.3 Å². The molecule has 1 aromatic heterocycles. The number of thiophene rings is 1. The number of ketones is 1. The number of carbonyl (C=O) groups is 2. The van der Waals surface area contributed by atoms with Crippen molar-refractivity contribution in [3.8, 4) is 5.75 Å². The third-order valence-electron chi connectivity index (χ3n) is 3.87. The van der Waals surface area contributed by atoms with Gasteiger partial charge >= 0.3 is 5.97 Å². The molecule has 152 valence electrons. The van der Waals surface area contributed by atoms with Crippen LogP contribution in [0.25, 0.3) is 0 Å². The highest BCUT2D eigenvalue weighted by atomic mass is 32.2. The first-order valence-corrected chi connectivity index (χ1v) is 10.8. The predicted molar refractivity (Wildman–Crippen MR) is 107 cm³/mol. The zero-order valence-electron chi connectivity index (χ0n) is 16.2. The number of rotatable bonds is 8. The second-order valence-corrected chi connectivity index (χ2v) is 10.2. The van der Waals surface area contributed by atoms with Gasteiger partial charge in [0.1, 0.15) is 9.96 Å². The van der Waals surface area contributed by atoms with Crippen LogP contribution in [0.15, 0.2) is 46.0 Å². The van der Waals surface area contributed by atoms with Gasteiger partial charge in [-0.05, 0) is 35.7 Å². The topological polar surface area (TPSA) is 90.0 Å². The zero-order valence-corrected chi connectivity index (χ0v) is 17.8. The molecule has 0 unspecified atom stereocenters. The highest BCUT2D eigenvalue weighted by molar-refractivity contribution is 7.94. The summed E-state index contributed by atoms with van der Waals surface area (Å²) in [4.78, 5) is 23.4. The second kappa shape index (κ2) is 8.74. The Kier molecular flexibility index (Phi) is 6.84. The van der Waals surface area contributed by atoms with Gasteiger partial charge < -0.3 is 9.47 Å². The maximum atomic E-state index is 12.5. The average molecular weight is 426 g/mol. The first kappa shape index (κ1) is 21.9. The van der Waals surface area contributed by atoms with Crippen molar-refractivity contribution < 1.29 is 27.5 Å². The molecule has 2 rings (SSSR count). The molecule has 0 N–H and O–H groups in total. The number of carbonyl (C=O) groups excluding carboxylic acids is 2. The molecule has 0 fully saturated rings. The van der Waals surface area contributed by atoms with E-state index in [4.69, 9.17) is 9.47 Å². The number of Topliss-reactive ketones (excluding diaryl/α,β-unsaturated/α-hetero) is 1. The van der Waals surface area contributed by atoms with E-state index in [2.05, 4.69) is 0 Å². The number of benzene rings is 1. The van der Waals surface area contributed by atoms with Crippen LogP contribution in [0.1, 0.15) is 20.8 Å². The van der Waals surface area contributed by atoms with E-state index < -0.39 is 21.4 Å². The predicted octanol–water partition coefficient (Wildman–Crippen LogP) is 3.11. The fourth-order valence-corrected chi connectivity index (χ4v) is 4.34. The number of hydrogen-bond acceptors (Lipinski definition) is 7. The summed E-state index contributed by atoms with van der Waals surface area (Å²) >= 11 is 1.15. The Balaban J connectivity index is 1.91. The minimum absolute atomic E-state index is 0.180. The largest absolute Gasteiger partial charge is 0.482 e. The van der Waals surface area contributed by atoms with Crippen LogP contribution in [0.2, 0.25) is 0 Å². The summed E-state index contributed by atoms with van der Waals surface area (Å²) in [5, 5.41) is 1.70. The van der Waals surface area contributed by atoms with Crippen LogP contribution in [0.5, 0.6) is 5.75 Å².